The molecule has 24 heavy (non-hydrogen) atoms. The van der Waals surface area contributed by atoms with Crippen molar-refractivity contribution in [1.82, 2.24) is 16.2 Å². The molecule has 0 aliphatic heterocycles. The topological polar surface area (TPSA) is 87.3 Å². The molecule has 2 rings (SSSR count). The molecule has 0 spiro atoms. The van der Waals surface area contributed by atoms with Crippen molar-refractivity contribution in [2.24, 2.45) is 0 Å². The molecule has 0 aliphatic carbocycles. The maximum atomic E-state index is 11.9. The monoisotopic (exact) mass is 325 g/mol. The lowest BCUT2D eigenvalue weighted by Crippen LogP contribution is -2.46. The van der Waals surface area contributed by atoms with Crippen LogP contribution in [-0.2, 0) is 4.79 Å². The largest absolute Gasteiger partial charge is 0.343 e. The molecule has 0 saturated carbocycles. The molecule has 3 N–H and O–H groups in total. The van der Waals surface area contributed by atoms with E-state index in [1.807, 2.05) is 26.0 Å². The third-order valence-corrected chi connectivity index (χ3v) is 3.35. The number of hydrazine groups is 1. The van der Waals surface area contributed by atoms with Gasteiger partial charge in [-0.2, -0.15) is 0 Å². The number of amides is 3. The molecule has 0 heterocycles. The zero-order chi connectivity index (χ0) is 17.5. The van der Waals surface area contributed by atoms with Crippen molar-refractivity contribution in [1.29, 1.82) is 0 Å². The lowest BCUT2D eigenvalue weighted by atomic mass is 10.1. The molecule has 124 valence electrons. The smallest absolute Gasteiger partial charge is 0.269 e. The summed E-state index contributed by atoms with van der Waals surface area (Å²) in [6, 6.07) is 13.9. The van der Waals surface area contributed by atoms with E-state index >= 15 is 0 Å². The van der Waals surface area contributed by atoms with Crippen LogP contribution < -0.4 is 16.2 Å². The highest BCUT2D eigenvalue weighted by molar-refractivity contribution is 5.98. The minimum Gasteiger partial charge on any atom is -0.343 e. The van der Waals surface area contributed by atoms with E-state index in [0.717, 1.165) is 11.1 Å². The summed E-state index contributed by atoms with van der Waals surface area (Å²) >= 11 is 0. The molecule has 0 saturated heterocycles. The fraction of sp³-hybridized carbons (Fsp3) is 0.167. The zero-order valence-corrected chi connectivity index (χ0v) is 13.6. The highest BCUT2D eigenvalue weighted by Crippen LogP contribution is 2.03. The van der Waals surface area contributed by atoms with Gasteiger partial charge in [-0.15, -0.1) is 0 Å². The van der Waals surface area contributed by atoms with Crippen LogP contribution in [0.2, 0.25) is 0 Å². The van der Waals surface area contributed by atoms with Crippen LogP contribution in [0, 0.1) is 13.8 Å². The maximum absolute atomic E-state index is 11.9. The van der Waals surface area contributed by atoms with Crippen LogP contribution in [0.1, 0.15) is 31.8 Å². The van der Waals surface area contributed by atoms with Gasteiger partial charge in [0.1, 0.15) is 0 Å². The van der Waals surface area contributed by atoms with E-state index in [1.54, 1.807) is 36.4 Å². The van der Waals surface area contributed by atoms with Gasteiger partial charge in [0, 0.05) is 11.1 Å². The lowest BCUT2D eigenvalue weighted by Gasteiger charge is -2.09. The summed E-state index contributed by atoms with van der Waals surface area (Å²) < 4.78 is 0. The number of nitrogens with one attached hydrogen (secondary N) is 3. The zero-order valence-electron chi connectivity index (χ0n) is 13.6. The third kappa shape index (κ3) is 4.95. The second-order valence-corrected chi connectivity index (χ2v) is 5.42. The highest BCUT2D eigenvalue weighted by atomic mass is 16.2. The van der Waals surface area contributed by atoms with Gasteiger partial charge >= 0.3 is 0 Å². The minimum atomic E-state index is -0.518. The quantitative estimate of drug-likeness (QED) is 0.744. The Morgan fingerprint density at radius 3 is 1.67 bits per heavy atom. The maximum Gasteiger partial charge on any atom is 0.269 e. The molecule has 6 heteroatoms. The van der Waals surface area contributed by atoms with Crippen LogP contribution >= 0.6 is 0 Å². The van der Waals surface area contributed by atoms with Gasteiger partial charge in [-0.3, -0.25) is 25.2 Å². The third-order valence-electron chi connectivity index (χ3n) is 3.35. The number of hydrogen-bond donors (Lipinski definition) is 3. The summed E-state index contributed by atoms with van der Waals surface area (Å²) in [5, 5.41) is 2.49. The summed E-state index contributed by atoms with van der Waals surface area (Å²) in [6.45, 7) is 3.60. The van der Waals surface area contributed by atoms with Crippen LogP contribution in [0.5, 0.6) is 0 Å². The van der Waals surface area contributed by atoms with E-state index in [0.29, 0.717) is 11.1 Å². The SMILES string of the molecule is Cc1ccc(C(=O)NCC(=O)NNC(=O)c2ccc(C)cc2)cc1. The van der Waals surface area contributed by atoms with Gasteiger partial charge in [-0.25, -0.2) is 0 Å². The van der Waals surface area contributed by atoms with Crippen LogP contribution in [0.25, 0.3) is 0 Å². The first-order valence-corrected chi connectivity index (χ1v) is 7.46. The van der Waals surface area contributed by atoms with Gasteiger partial charge in [-0.1, -0.05) is 35.4 Å². The summed E-state index contributed by atoms with van der Waals surface area (Å²) in [5.74, 6) is -1.29. The molecular weight excluding hydrogens is 306 g/mol. The molecule has 0 atom stereocenters. The van der Waals surface area contributed by atoms with Crippen molar-refractivity contribution in [3.63, 3.8) is 0 Å². The first-order valence-electron chi connectivity index (χ1n) is 7.46. The van der Waals surface area contributed by atoms with Crippen molar-refractivity contribution in [3.05, 3.63) is 70.8 Å². The fourth-order valence-electron chi connectivity index (χ4n) is 1.92. The van der Waals surface area contributed by atoms with Crippen molar-refractivity contribution in [3.8, 4) is 0 Å². The van der Waals surface area contributed by atoms with E-state index in [4.69, 9.17) is 0 Å². The molecule has 6 nitrogen and oxygen atoms in total. The molecule has 2 aromatic rings. The van der Waals surface area contributed by atoms with Gasteiger partial charge < -0.3 is 5.32 Å². The van der Waals surface area contributed by atoms with E-state index in [2.05, 4.69) is 16.2 Å². The number of hydrogen-bond acceptors (Lipinski definition) is 3. The van der Waals surface area contributed by atoms with Crippen LogP contribution in [0.15, 0.2) is 48.5 Å². The lowest BCUT2D eigenvalue weighted by molar-refractivity contribution is -0.120. The van der Waals surface area contributed by atoms with Crippen LogP contribution in [0.4, 0.5) is 0 Å². The Balaban J connectivity index is 1.77. The van der Waals surface area contributed by atoms with Gasteiger partial charge in [0.2, 0.25) is 0 Å². The van der Waals surface area contributed by atoms with Crippen molar-refractivity contribution >= 4 is 17.7 Å². The number of carbonyl (C=O) groups is 3. The van der Waals surface area contributed by atoms with Gasteiger partial charge in [-0.05, 0) is 38.1 Å². The van der Waals surface area contributed by atoms with Crippen LogP contribution in [-0.4, -0.2) is 24.3 Å². The Labute approximate surface area is 140 Å². The summed E-state index contributed by atoms with van der Waals surface area (Å²) in [5.41, 5.74) is 7.54. The Morgan fingerprint density at radius 1 is 0.708 bits per heavy atom. The average Bonchev–Trinajstić information content (AvgIpc) is 2.58. The molecule has 0 fully saturated rings. The Bertz CT molecular complexity index is 674. The first-order chi connectivity index (χ1) is 11.5. The van der Waals surface area contributed by atoms with Crippen LogP contribution in [0.3, 0.4) is 0 Å². The van der Waals surface area contributed by atoms with Crippen molar-refractivity contribution in [2.75, 3.05) is 6.54 Å². The van der Waals surface area contributed by atoms with Gasteiger partial charge in [0.25, 0.3) is 17.7 Å². The number of aryl methyl sites for hydroxylation is 2. The molecule has 0 unspecified atom stereocenters. The molecule has 0 radical (unpaired) electrons. The van der Waals surface area contributed by atoms with E-state index in [9.17, 15) is 14.4 Å². The minimum absolute atomic E-state index is 0.235. The highest BCUT2D eigenvalue weighted by Gasteiger charge is 2.09. The van der Waals surface area contributed by atoms with Crippen molar-refractivity contribution in [2.45, 2.75) is 13.8 Å². The number of carbonyl (C=O) groups excluding carboxylic acids is 3. The molecular formula is C18H19N3O3. The molecule has 3 amide bonds. The van der Waals surface area contributed by atoms with Crippen molar-refractivity contribution < 1.29 is 14.4 Å². The second-order valence-electron chi connectivity index (χ2n) is 5.42. The van der Waals surface area contributed by atoms with E-state index in [-0.39, 0.29) is 12.5 Å². The predicted molar refractivity (Wildman–Crippen MR) is 90.3 cm³/mol. The summed E-state index contributed by atoms with van der Waals surface area (Å²) in [7, 11) is 0. The number of rotatable bonds is 4. The molecule has 0 bridgehead atoms. The molecule has 0 aromatic heterocycles. The standard InChI is InChI=1S/C18H19N3O3/c1-12-3-7-14(8-4-12)17(23)19-11-16(22)20-21-18(24)15-9-5-13(2)6-10-15/h3-10H,11H2,1-2H3,(H,19,23)(H,20,22)(H,21,24). The average molecular weight is 325 g/mol. The van der Waals surface area contributed by atoms with E-state index in [1.165, 1.54) is 0 Å². The van der Waals surface area contributed by atoms with Gasteiger partial charge in [0.05, 0.1) is 6.54 Å². The predicted octanol–water partition coefficient (Wildman–Crippen LogP) is 1.49. The van der Waals surface area contributed by atoms with E-state index < -0.39 is 11.8 Å². The Kier molecular flexibility index (Phi) is 5.68. The molecule has 0 aliphatic rings. The first kappa shape index (κ1) is 17.2. The Morgan fingerprint density at radius 2 is 1.17 bits per heavy atom. The number of benzene rings is 2. The Hall–Kier alpha value is -3.15. The normalized spacial score (nSPS) is 9.92. The van der Waals surface area contributed by atoms with Gasteiger partial charge in [0.15, 0.2) is 0 Å². The molecule has 2 aromatic carbocycles. The summed E-state index contributed by atoms with van der Waals surface area (Å²) in [4.78, 5) is 35.4. The second kappa shape index (κ2) is 7.92. The fourth-order valence-corrected chi connectivity index (χ4v) is 1.92. The summed E-state index contributed by atoms with van der Waals surface area (Å²) in [6.07, 6.45) is 0.